The maximum atomic E-state index is 4.38. The molecule has 3 rings (SSSR count). The van der Waals surface area contributed by atoms with Gasteiger partial charge in [-0.3, -0.25) is 0 Å². The first-order valence-electron chi connectivity index (χ1n) is 5.61. The lowest BCUT2D eigenvalue weighted by atomic mass is 10.2. The third kappa shape index (κ3) is 1.67. The second kappa shape index (κ2) is 4.06. The number of tetrazole rings is 1. The molecule has 0 aliphatic carbocycles. The van der Waals surface area contributed by atoms with Crippen molar-refractivity contribution in [3.8, 4) is 17.1 Å². The zero-order chi connectivity index (χ0) is 12.5. The van der Waals surface area contributed by atoms with Gasteiger partial charge in [-0.25, -0.2) is 4.68 Å². The Balaban J connectivity index is 2.10. The van der Waals surface area contributed by atoms with Crippen molar-refractivity contribution in [2.75, 3.05) is 0 Å². The Hall–Kier alpha value is -2.50. The number of aryl methyl sites for hydroxylation is 1. The van der Waals surface area contributed by atoms with E-state index in [1.807, 2.05) is 23.7 Å². The van der Waals surface area contributed by atoms with E-state index in [0.29, 0.717) is 5.82 Å². The molecule has 6 heteroatoms. The monoisotopic (exact) mass is 240 g/mol. The summed E-state index contributed by atoms with van der Waals surface area (Å²) in [7, 11) is 0. The van der Waals surface area contributed by atoms with E-state index in [0.717, 1.165) is 16.9 Å². The van der Waals surface area contributed by atoms with Crippen LogP contribution in [0.3, 0.4) is 0 Å². The number of rotatable bonds is 2. The minimum absolute atomic E-state index is 0.561. The molecule has 0 atom stereocenters. The highest BCUT2D eigenvalue weighted by Crippen LogP contribution is 2.21. The molecule has 0 aliphatic heterocycles. The van der Waals surface area contributed by atoms with Crippen LogP contribution < -0.4 is 0 Å². The van der Waals surface area contributed by atoms with Gasteiger partial charge in [0.25, 0.3) is 0 Å². The summed E-state index contributed by atoms with van der Waals surface area (Å²) in [4.78, 5) is 0. The standard InChI is InChI=1S/C12H12N6/c1-8-4-3-5-10(6-8)18-9(2)11(7-13-18)12-14-16-17-15-12/h3-7H,1-2H3,(H,14,15,16,17). The average molecular weight is 240 g/mol. The molecule has 0 fully saturated rings. The lowest BCUT2D eigenvalue weighted by Crippen LogP contribution is -1.99. The zero-order valence-corrected chi connectivity index (χ0v) is 10.1. The smallest absolute Gasteiger partial charge is 0.208 e. The van der Waals surface area contributed by atoms with Gasteiger partial charge in [-0.1, -0.05) is 12.1 Å². The van der Waals surface area contributed by atoms with Crippen LogP contribution >= 0.6 is 0 Å². The van der Waals surface area contributed by atoms with Crippen LogP contribution in [0.5, 0.6) is 0 Å². The number of hydrogen-bond donors (Lipinski definition) is 1. The van der Waals surface area contributed by atoms with Crippen molar-refractivity contribution < 1.29 is 0 Å². The second-order valence-electron chi connectivity index (χ2n) is 4.13. The third-order valence-corrected chi connectivity index (χ3v) is 2.84. The Labute approximate surface area is 104 Å². The van der Waals surface area contributed by atoms with E-state index in [-0.39, 0.29) is 0 Å². The van der Waals surface area contributed by atoms with E-state index in [2.05, 4.69) is 44.8 Å². The maximum absolute atomic E-state index is 4.38. The van der Waals surface area contributed by atoms with Crippen LogP contribution in [-0.4, -0.2) is 30.4 Å². The van der Waals surface area contributed by atoms with Gasteiger partial charge in [-0.15, -0.1) is 10.2 Å². The van der Waals surface area contributed by atoms with Crippen LogP contribution in [0.25, 0.3) is 17.1 Å². The molecule has 0 spiro atoms. The van der Waals surface area contributed by atoms with Gasteiger partial charge in [0.2, 0.25) is 5.82 Å². The summed E-state index contributed by atoms with van der Waals surface area (Å²) in [5.41, 5.74) is 4.10. The number of benzene rings is 1. The van der Waals surface area contributed by atoms with E-state index >= 15 is 0 Å². The third-order valence-electron chi connectivity index (χ3n) is 2.84. The van der Waals surface area contributed by atoms with E-state index < -0.39 is 0 Å². The first-order chi connectivity index (χ1) is 8.75. The van der Waals surface area contributed by atoms with Crippen LogP contribution in [-0.2, 0) is 0 Å². The van der Waals surface area contributed by atoms with Crippen molar-refractivity contribution in [2.24, 2.45) is 0 Å². The van der Waals surface area contributed by atoms with Crippen LogP contribution in [0, 0.1) is 13.8 Å². The van der Waals surface area contributed by atoms with Crippen LogP contribution in [0.1, 0.15) is 11.3 Å². The quantitative estimate of drug-likeness (QED) is 0.739. The molecule has 2 heterocycles. The van der Waals surface area contributed by atoms with Gasteiger partial charge < -0.3 is 0 Å². The first-order valence-corrected chi connectivity index (χ1v) is 5.61. The second-order valence-corrected chi connectivity index (χ2v) is 4.13. The Morgan fingerprint density at radius 2 is 2.11 bits per heavy atom. The molecule has 90 valence electrons. The molecule has 0 aliphatic rings. The van der Waals surface area contributed by atoms with Crippen molar-refractivity contribution in [3.63, 3.8) is 0 Å². The fourth-order valence-electron chi connectivity index (χ4n) is 1.93. The zero-order valence-electron chi connectivity index (χ0n) is 10.1. The van der Waals surface area contributed by atoms with Gasteiger partial charge >= 0.3 is 0 Å². The molecule has 2 aromatic heterocycles. The van der Waals surface area contributed by atoms with Gasteiger partial charge in [0.15, 0.2) is 0 Å². The highest BCUT2D eigenvalue weighted by atomic mass is 15.5. The predicted molar refractivity (Wildman–Crippen MR) is 66.2 cm³/mol. The fourth-order valence-corrected chi connectivity index (χ4v) is 1.93. The molecule has 3 aromatic rings. The molecule has 0 unspecified atom stereocenters. The molecule has 6 nitrogen and oxygen atoms in total. The van der Waals surface area contributed by atoms with Gasteiger partial charge in [0.05, 0.1) is 23.1 Å². The topological polar surface area (TPSA) is 72.3 Å². The number of aromatic nitrogens is 6. The molecule has 0 amide bonds. The van der Waals surface area contributed by atoms with Crippen LogP contribution in [0.4, 0.5) is 0 Å². The summed E-state index contributed by atoms with van der Waals surface area (Å²) < 4.78 is 1.87. The number of nitrogens with zero attached hydrogens (tertiary/aromatic N) is 5. The number of nitrogens with one attached hydrogen (secondary N) is 1. The number of aromatic amines is 1. The SMILES string of the molecule is Cc1cccc(-n2ncc(-c3nn[nH]n3)c2C)c1. The van der Waals surface area contributed by atoms with Crippen molar-refractivity contribution in [2.45, 2.75) is 13.8 Å². The predicted octanol–water partition coefficient (Wildman–Crippen LogP) is 1.67. The summed E-state index contributed by atoms with van der Waals surface area (Å²) >= 11 is 0. The maximum Gasteiger partial charge on any atom is 0.208 e. The Morgan fingerprint density at radius 3 is 2.83 bits per heavy atom. The molecule has 1 N–H and O–H groups in total. The Morgan fingerprint density at radius 1 is 1.22 bits per heavy atom. The Kier molecular flexibility index (Phi) is 2.40. The summed E-state index contributed by atoms with van der Waals surface area (Å²) in [6, 6.07) is 8.18. The lowest BCUT2D eigenvalue weighted by Gasteiger charge is -2.05. The first kappa shape index (κ1) is 10.6. The van der Waals surface area contributed by atoms with Gasteiger partial charge in [0, 0.05) is 0 Å². The molecular formula is C12H12N6. The highest BCUT2D eigenvalue weighted by molar-refractivity contribution is 5.57. The summed E-state index contributed by atoms with van der Waals surface area (Å²) in [6.45, 7) is 4.05. The molecule has 18 heavy (non-hydrogen) atoms. The van der Waals surface area contributed by atoms with Gasteiger partial charge in [-0.05, 0) is 36.8 Å². The van der Waals surface area contributed by atoms with Crippen molar-refractivity contribution in [1.29, 1.82) is 0 Å². The molecule has 1 aromatic carbocycles. The van der Waals surface area contributed by atoms with Crippen molar-refractivity contribution in [3.05, 3.63) is 41.7 Å². The number of hydrogen-bond acceptors (Lipinski definition) is 4. The highest BCUT2D eigenvalue weighted by Gasteiger charge is 2.13. The largest absolute Gasteiger partial charge is 0.237 e. The van der Waals surface area contributed by atoms with Crippen molar-refractivity contribution in [1.82, 2.24) is 30.4 Å². The van der Waals surface area contributed by atoms with Gasteiger partial charge in [-0.2, -0.15) is 10.3 Å². The van der Waals surface area contributed by atoms with Crippen molar-refractivity contribution >= 4 is 0 Å². The lowest BCUT2D eigenvalue weighted by molar-refractivity contribution is 0.846. The number of H-pyrrole nitrogens is 1. The van der Waals surface area contributed by atoms with E-state index in [1.165, 1.54) is 5.56 Å². The normalized spacial score (nSPS) is 10.8. The molecule has 0 saturated heterocycles. The fraction of sp³-hybridized carbons (Fsp3) is 0.167. The Bertz CT molecular complexity index is 668. The minimum Gasteiger partial charge on any atom is -0.237 e. The van der Waals surface area contributed by atoms with E-state index in [1.54, 1.807) is 6.20 Å². The van der Waals surface area contributed by atoms with Gasteiger partial charge in [0.1, 0.15) is 0 Å². The van der Waals surface area contributed by atoms with E-state index in [9.17, 15) is 0 Å². The van der Waals surface area contributed by atoms with Crippen LogP contribution in [0.2, 0.25) is 0 Å². The summed E-state index contributed by atoms with van der Waals surface area (Å²) in [6.07, 6.45) is 1.75. The molecule has 0 radical (unpaired) electrons. The molecule has 0 bridgehead atoms. The molecule has 0 saturated carbocycles. The summed E-state index contributed by atoms with van der Waals surface area (Å²) in [5, 5.41) is 18.3. The average Bonchev–Trinajstić information content (AvgIpc) is 2.97. The molecular weight excluding hydrogens is 228 g/mol. The van der Waals surface area contributed by atoms with E-state index in [4.69, 9.17) is 0 Å². The van der Waals surface area contributed by atoms with Crippen LogP contribution in [0.15, 0.2) is 30.5 Å². The minimum atomic E-state index is 0.561. The summed E-state index contributed by atoms with van der Waals surface area (Å²) in [5.74, 6) is 0.561.